The third-order valence-corrected chi connectivity index (χ3v) is 3.80. The van der Waals surface area contributed by atoms with Crippen LogP contribution < -0.4 is 0 Å². The highest BCUT2D eigenvalue weighted by molar-refractivity contribution is 7.11. The van der Waals surface area contributed by atoms with Gasteiger partial charge in [-0.15, -0.1) is 11.3 Å². The van der Waals surface area contributed by atoms with Crippen LogP contribution in [0.5, 0.6) is 0 Å². The highest BCUT2D eigenvalue weighted by atomic mass is 32.1. The summed E-state index contributed by atoms with van der Waals surface area (Å²) in [6, 6.07) is 1.87. The molecule has 0 fully saturated rings. The van der Waals surface area contributed by atoms with Gasteiger partial charge in [0.1, 0.15) is 5.60 Å². The molecule has 5 nitrogen and oxygen atoms in total. The Kier molecular flexibility index (Phi) is 5.47. The van der Waals surface area contributed by atoms with E-state index in [4.69, 9.17) is 9.84 Å². The Hall–Kier alpha value is -1.66. The molecule has 20 heavy (non-hydrogen) atoms. The van der Waals surface area contributed by atoms with E-state index in [2.05, 4.69) is 0 Å². The summed E-state index contributed by atoms with van der Waals surface area (Å²) in [5, 5.41) is 10.5. The number of hydrogen-bond acceptors (Lipinski definition) is 4. The van der Waals surface area contributed by atoms with Crippen molar-refractivity contribution in [3.05, 3.63) is 28.0 Å². The summed E-state index contributed by atoms with van der Waals surface area (Å²) in [6.45, 7) is 3.91. The molecule has 0 aliphatic rings. The second-order valence-electron chi connectivity index (χ2n) is 4.90. The van der Waals surface area contributed by atoms with Gasteiger partial charge in [-0.3, -0.25) is 4.79 Å². The maximum absolute atomic E-state index is 12.1. The number of rotatable bonds is 6. The van der Waals surface area contributed by atoms with Gasteiger partial charge < -0.3 is 14.7 Å². The SMILES string of the molecule is COC(C)(C)C(=O)N(C)Cc1csc(/C=C/C(=O)O)c1. The van der Waals surface area contributed by atoms with E-state index < -0.39 is 11.6 Å². The number of carbonyl (C=O) groups excluding carboxylic acids is 1. The first-order valence-corrected chi connectivity index (χ1v) is 6.93. The van der Waals surface area contributed by atoms with Crippen LogP contribution in [0.25, 0.3) is 6.08 Å². The number of hydrogen-bond donors (Lipinski definition) is 1. The number of aliphatic carboxylic acids is 1. The average molecular weight is 297 g/mol. The molecule has 0 aliphatic heterocycles. The molecule has 6 heteroatoms. The van der Waals surface area contributed by atoms with Crippen LogP contribution in [0.2, 0.25) is 0 Å². The first-order valence-electron chi connectivity index (χ1n) is 6.05. The lowest BCUT2D eigenvalue weighted by Gasteiger charge is -2.27. The minimum atomic E-state index is -0.978. The molecule has 0 spiro atoms. The Balaban J connectivity index is 2.70. The third kappa shape index (κ3) is 4.47. The first kappa shape index (κ1) is 16.4. The first-order chi connectivity index (χ1) is 9.26. The van der Waals surface area contributed by atoms with Crippen molar-refractivity contribution < 1.29 is 19.4 Å². The minimum Gasteiger partial charge on any atom is -0.478 e. The number of carboxylic acids is 1. The van der Waals surface area contributed by atoms with Gasteiger partial charge in [-0.2, -0.15) is 0 Å². The lowest BCUT2D eigenvalue weighted by molar-refractivity contribution is -0.150. The van der Waals surface area contributed by atoms with Gasteiger partial charge in [0.2, 0.25) is 0 Å². The number of methoxy groups -OCH3 is 1. The van der Waals surface area contributed by atoms with Crippen LogP contribution in [0.1, 0.15) is 24.3 Å². The Morgan fingerprint density at radius 1 is 1.50 bits per heavy atom. The zero-order chi connectivity index (χ0) is 15.3. The molecule has 1 amide bonds. The van der Waals surface area contributed by atoms with Crippen molar-refractivity contribution in [2.24, 2.45) is 0 Å². The molecule has 1 N–H and O–H groups in total. The van der Waals surface area contributed by atoms with Crippen molar-refractivity contribution >= 4 is 29.3 Å². The van der Waals surface area contributed by atoms with E-state index in [-0.39, 0.29) is 5.91 Å². The predicted molar refractivity (Wildman–Crippen MR) is 78.6 cm³/mol. The van der Waals surface area contributed by atoms with Crippen molar-refractivity contribution in [1.82, 2.24) is 4.90 Å². The van der Waals surface area contributed by atoms with Gasteiger partial charge in [0.05, 0.1) is 0 Å². The highest BCUT2D eigenvalue weighted by Crippen LogP contribution is 2.19. The monoisotopic (exact) mass is 297 g/mol. The predicted octanol–water partition coefficient (Wildman–Crippen LogP) is 2.23. The molecule has 110 valence electrons. The van der Waals surface area contributed by atoms with E-state index in [1.165, 1.54) is 24.5 Å². The second-order valence-corrected chi connectivity index (χ2v) is 5.85. The lowest BCUT2D eigenvalue weighted by atomic mass is 10.1. The van der Waals surface area contributed by atoms with Crippen molar-refractivity contribution in [2.45, 2.75) is 26.0 Å². The summed E-state index contributed by atoms with van der Waals surface area (Å²) < 4.78 is 5.16. The second kappa shape index (κ2) is 6.67. The van der Waals surface area contributed by atoms with Gasteiger partial charge in [0.25, 0.3) is 5.91 Å². The molecular weight excluding hydrogens is 278 g/mol. The number of amides is 1. The number of thiophene rings is 1. The Bertz CT molecular complexity index is 519. The van der Waals surface area contributed by atoms with E-state index in [1.54, 1.807) is 25.8 Å². The molecule has 0 unspecified atom stereocenters. The number of ether oxygens (including phenoxy) is 1. The smallest absolute Gasteiger partial charge is 0.328 e. The zero-order valence-electron chi connectivity index (χ0n) is 12.0. The van der Waals surface area contributed by atoms with Gasteiger partial charge in [-0.25, -0.2) is 4.79 Å². The minimum absolute atomic E-state index is 0.103. The van der Waals surface area contributed by atoms with E-state index in [1.807, 2.05) is 11.4 Å². The van der Waals surface area contributed by atoms with Gasteiger partial charge in [0.15, 0.2) is 0 Å². The van der Waals surface area contributed by atoms with Crippen LogP contribution in [-0.2, 0) is 20.9 Å². The molecule has 1 aromatic rings. The van der Waals surface area contributed by atoms with Gasteiger partial charge in [-0.1, -0.05) is 0 Å². The Morgan fingerprint density at radius 3 is 2.70 bits per heavy atom. The van der Waals surface area contributed by atoms with Crippen molar-refractivity contribution in [1.29, 1.82) is 0 Å². The fraction of sp³-hybridized carbons (Fsp3) is 0.429. The Morgan fingerprint density at radius 2 is 2.15 bits per heavy atom. The topological polar surface area (TPSA) is 66.8 Å². The molecule has 0 bridgehead atoms. The molecular formula is C14H19NO4S. The summed E-state index contributed by atoms with van der Waals surface area (Å²) >= 11 is 1.44. The summed E-state index contributed by atoms with van der Waals surface area (Å²) in [5.41, 5.74) is 0.111. The summed E-state index contributed by atoms with van der Waals surface area (Å²) in [5.74, 6) is -1.08. The third-order valence-electron chi connectivity index (χ3n) is 2.86. The fourth-order valence-corrected chi connectivity index (χ4v) is 2.41. The Labute approximate surface area is 122 Å². The van der Waals surface area contributed by atoms with Crippen LogP contribution in [0.4, 0.5) is 0 Å². The van der Waals surface area contributed by atoms with Gasteiger partial charge >= 0.3 is 5.97 Å². The maximum Gasteiger partial charge on any atom is 0.328 e. The van der Waals surface area contributed by atoms with Crippen molar-refractivity contribution in [3.8, 4) is 0 Å². The van der Waals surface area contributed by atoms with Crippen LogP contribution >= 0.6 is 11.3 Å². The molecule has 0 atom stereocenters. The summed E-state index contributed by atoms with van der Waals surface area (Å²) in [6.07, 6.45) is 2.63. The highest BCUT2D eigenvalue weighted by Gasteiger charge is 2.30. The molecule has 0 aliphatic carbocycles. The molecule has 0 radical (unpaired) electrons. The largest absolute Gasteiger partial charge is 0.478 e. The van der Waals surface area contributed by atoms with Crippen molar-refractivity contribution in [3.63, 3.8) is 0 Å². The van der Waals surface area contributed by atoms with Crippen LogP contribution in [-0.4, -0.2) is 41.6 Å². The number of nitrogens with zero attached hydrogens (tertiary/aromatic N) is 1. The molecule has 1 rings (SSSR count). The standard InChI is InChI=1S/C14H19NO4S/c1-14(2,19-4)13(18)15(3)8-10-7-11(20-9-10)5-6-12(16)17/h5-7,9H,8H2,1-4H3,(H,16,17)/b6-5+. The van der Waals surface area contributed by atoms with E-state index >= 15 is 0 Å². The van der Waals surface area contributed by atoms with E-state index in [0.29, 0.717) is 6.54 Å². The molecule has 1 aromatic heterocycles. The molecule has 0 saturated heterocycles. The normalized spacial score (nSPS) is 11.8. The van der Waals surface area contributed by atoms with Gasteiger partial charge in [0, 0.05) is 31.7 Å². The van der Waals surface area contributed by atoms with Crippen LogP contribution in [0.15, 0.2) is 17.5 Å². The van der Waals surface area contributed by atoms with Crippen molar-refractivity contribution in [2.75, 3.05) is 14.2 Å². The number of carboxylic acid groups (broad SMARTS) is 1. The molecule has 1 heterocycles. The summed E-state index contributed by atoms with van der Waals surface area (Å²) in [7, 11) is 3.22. The quantitative estimate of drug-likeness (QED) is 0.818. The zero-order valence-corrected chi connectivity index (χ0v) is 12.9. The van der Waals surface area contributed by atoms with E-state index in [0.717, 1.165) is 16.5 Å². The van der Waals surface area contributed by atoms with E-state index in [9.17, 15) is 9.59 Å². The number of likely N-dealkylation sites (N-methyl/N-ethyl adjacent to an activating group) is 1. The average Bonchev–Trinajstić information content (AvgIpc) is 2.82. The fourth-order valence-electron chi connectivity index (χ4n) is 1.61. The lowest BCUT2D eigenvalue weighted by Crippen LogP contribution is -2.44. The van der Waals surface area contributed by atoms with Gasteiger partial charge in [-0.05, 0) is 36.9 Å². The number of carbonyl (C=O) groups is 2. The summed E-state index contributed by atoms with van der Waals surface area (Å²) in [4.78, 5) is 25.0. The van der Waals surface area contributed by atoms with Crippen LogP contribution in [0, 0.1) is 0 Å². The maximum atomic E-state index is 12.1. The van der Waals surface area contributed by atoms with Crippen LogP contribution in [0.3, 0.4) is 0 Å². The molecule has 0 aromatic carbocycles. The molecule has 0 saturated carbocycles.